The third-order valence-electron chi connectivity index (χ3n) is 2.58. The predicted octanol–water partition coefficient (Wildman–Crippen LogP) is 1.33. The number of anilines is 1. The first-order valence-corrected chi connectivity index (χ1v) is 5.50. The summed E-state index contributed by atoms with van der Waals surface area (Å²) in [7, 11) is 1.84. The highest BCUT2D eigenvalue weighted by Crippen LogP contribution is 2.12. The molecule has 0 aliphatic carbocycles. The van der Waals surface area contributed by atoms with Crippen LogP contribution in [0.4, 0.5) is 5.95 Å². The van der Waals surface area contributed by atoms with Crippen LogP contribution in [-0.4, -0.2) is 21.4 Å². The van der Waals surface area contributed by atoms with Crippen molar-refractivity contribution >= 4 is 5.95 Å². The van der Waals surface area contributed by atoms with Gasteiger partial charge in [0.2, 0.25) is 5.95 Å². The monoisotopic (exact) mass is 232 g/mol. The largest absolute Gasteiger partial charge is 0.493 e. The average Bonchev–Trinajstić information content (AvgIpc) is 2.61. The minimum atomic E-state index is 0.426. The standard InChI is InChI=1S/C12H16N4O/c1-9-4-3-5-10(8-9)17-7-6-11-14-15-12(13)16(11)2/h3-5,8H,6-7H2,1-2H3,(H2,13,15). The summed E-state index contributed by atoms with van der Waals surface area (Å²) in [5.74, 6) is 2.13. The molecular weight excluding hydrogens is 216 g/mol. The summed E-state index contributed by atoms with van der Waals surface area (Å²) < 4.78 is 7.40. The van der Waals surface area contributed by atoms with Crippen LogP contribution in [0.15, 0.2) is 24.3 Å². The lowest BCUT2D eigenvalue weighted by Crippen LogP contribution is -2.07. The number of aromatic nitrogens is 3. The molecule has 0 bridgehead atoms. The molecule has 17 heavy (non-hydrogen) atoms. The van der Waals surface area contributed by atoms with Crippen LogP contribution >= 0.6 is 0 Å². The van der Waals surface area contributed by atoms with Gasteiger partial charge in [-0.2, -0.15) is 0 Å². The van der Waals surface area contributed by atoms with E-state index in [2.05, 4.69) is 10.2 Å². The summed E-state index contributed by atoms with van der Waals surface area (Å²) in [4.78, 5) is 0. The Hall–Kier alpha value is -2.04. The van der Waals surface area contributed by atoms with Gasteiger partial charge in [0.1, 0.15) is 11.6 Å². The topological polar surface area (TPSA) is 66.0 Å². The molecule has 5 nitrogen and oxygen atoms in total. The van der Waals surface area contributed by atoms with Crippen molar-refractivity contribution in [2.45, 2.75) is 13.3 Å². The van der Waals surface area contributed by atoms with E-state index in [4.69, 9.17) is 10.5 Å². The van der Waals surface area contributed by atoms with E-state index in [1.54, 1.807) is 4.57 Å². The van der Waals surface area contributed by atoms with Crippen LogP contribution in [0.25, 0.3) is 0 Å². The second-order valence-corrected chi connectivity index (χ2v) is 3.95. The molecule has 0 amide bonds. The van der Waals surface area contributed by atoms with Crippen LogP contribution in [0, 0.1) is 6.92 Å². The van der Waals surface area contributed by atoms with Gasteiger partial charge in [-0.05, 0) is 24.6 Å². The van der Waals surface area contributed by atoms with E-state index in [1.165, 1.54) is 5.56 Å². The van der Waals surface area contributed by atoms with E-state index in [1.807, 2.05) is 38.2 Å². The van der Waals surface area contributed by atoms with Crippen molar-refractivity contribution < 1.29 is 4.74 Å². The van der Waals surface area contributed by atoms with E-state index >= 15 is 0 Å². The average molecular weight is 232 g/mol. The van der Waals surface area contributed by atoms with Crippen molar-refractivity contribution in [3.63, 3.8) is 0 Å². The van der Waals surface area contributed by atoms with Gasteiger partial charge in [-0.15, -0.1) is 10.2 Å². The van der Waals surface area contributed by atoms with Gasteiger partial charge in [0.05, 0.1) is 6.61 Å². The fraction of sp³-hybridized carbons (Fsp3) is 0.333. The Bertz CT molecular complexity index is 507. The van der Waals surface area contributed by atoms with Gasteiger partial charge < -0.3 is 15.0 Å². The molecule has 0 aliphatic rings. The molecule has 2 rings (SSSR count). The van der Waals surface area contributed by atoms with Crippen molar-refractivity contribution in [2.24, 2.45) is 7.05 Å². The lowest BCUT2D eigenvalue weighted by atomic mass is 10.2. The van der Waals surface area contributed by atoms with E-state index in [0.717, 1.165) is 11.6 Å². The highest BCUT2D eigenvalue weighted by molar-refractivity contribution is 5.27. The Balaban J connectivity index is 1.90. The number of rotatable bonds is 4. The summed E-state index contributed by atoms with van der Waals surface area (Å²) in [5, 5.41) is 7.76. The molecule has 2 aromatic rings. The summed E-state index contributed by atoms with van der Waals surface area (Å²) in [6.45, 7) is 2.60. The van der Waals surface area contributed by atoms with Crippen LogP contribution in [0.1, 0.15) is 11.4 Å². The zero-order valence-electron chi connectivity index (χ0n) is 10.1. The number of hydrogen-bond acceptors (Lipinski definition) is 4. The van der Waals surface area contributed by atoms with Crippen molar-refractivity contribution in [1.82, 2.24) is 14.8 Å². The number of aryl methyl sites for hydroxylation is 1. The van der Waals surface area contributed by atoms with Crippen LogP contribution in [-0.2, 0) is 13.5 Å². The van der Waals surface area contributed by atoms with Crippen molar-refractivity contribution in [3.8, 4) is 5.75 Å². The summed E-state index contributed by atoms with van der Waals surface area (Å²) in [6.07, 6.45) is 0.689. The Morgan fingerprint density at radius 3 is 2.82 bits per heavy atom. The quantitative estimate of drug-likeness (QED) is 0.863. The van der Waals surface area contributed by atoms with E-state index in [9.17, 15) is 0 Å². The number of nitrogens with zero attached hydrogens (tertiary/aromatic N) is 3. The zero-order valence-corrected chi connectivity index (χ0v) is 10.1. The smallest absolute Gasteiger partial charge is 0.221 e. The number of nitrogens with two attached hydrogens (primary N) is 1. The highest BCUT2D eigenvalue weighted by atomic mass is 16.5. The molecule has 0 saturated heterocycles. The maximum Gasteiger partial charge on any atom is 0.221 e. The normalized spacial score (nSPS) is 10.5. The van der Waals surface area contributed by atoms with Gasteiger partial charge in [0.25, 0.3) is 0 Å². The molecular formula is C12H16N4O. The second kappa shape index (κ2) is 4.86. The molecule has 0 unspecified atom stereocenters. The number of benzene rings is 1. The van der Waals surface area contributed by atoms with Crippen LogP contribution < -0.4 is 10.5 Å². The molecule has 1 heterocycles. The Morgan fingerprint density at radius 2 is 2.18 bits per heavy atom. The number of hydrogen-bond donors (Lipinski definition) is 1. The minimum absolute atomic E-state index is 0.426. The van der Waals surface area contributed by atoms with Gasteiger partial charge in [0, 0.05) is 13.5 Å². The zero-order chi connectivity index (χ0) is 12.3. The van der Waals surface area contributed by atoms with E-state index in [-0.39, 0.29) is 0 Å². The Kier molecular flexibility index (Phi) is 3.27. The maximum absolute atomic E-state index is 5.63. The summed E-state index contributed by atoms with van der Waals surface area (Å²) in [6, 6.07) is 7.96. The lowest BCUT2D eigenvalue weighted by Gasteiger charge is -2.06. The first-order valence-electron chi connectivity index (χ1n) is 5.50. The predicted molar refractivity (Wildman–Crippen MR) is 65.8 cm³/mol. The second-order valence-electron chi connectivity index (χ2n) is 3.95. The molecule has 90 valence electrons. The molecule has 1 aromatic heterocycles. The fourth-order valence-electron chi connectivity index (χ4n) is 1.56. The van der Waals surface area contributed by atoms with Crippen LogP contribution in [0.5, 0.6) is 5.75 Å². The molecule has 5 heteroatoms. The molecule has 0 aliphatic heterocycles. The van der Waals surface area contributed by atoms with Gasteiger partial charge in [0.15, 0.2) is 0 Å². The molecule has 2 N–H and O–H groups in total. The van der Waals surface area contributed by atoms with Crippen molar-refractivity contribution in [2.75, 3.05) is 12.3 Å². The van der Waals surface area contributed by atoms with Gasteiger partial charge in [-0.3, -0.25) is 0 Å². The molecule has 0 radical (unpaired) electrons. The van der Waals surface area contributed by atoms with E-state index < -0.39 is 0 Å². The van der Waals surface area contributed by atoms with Crippen LogP contribution in [0.2, 0.25) is 0 Å². The van der Waals surface area contributed by atoms with Crippen molar-refractivity contribution in [1.29, 1.82) is 0 Å². The van der Waals surface area contributed by atoms with Gasteiger partial charge in [-0.1, -0.05) is 12.1 Å². The lowest BCUT2D eigenvalue weighted by molar-refractivity contribution is 0.317. The third kappa shape index (κ3) is 2.75. The molecule has 0 atom stereocenters. The van der Waals surface area contributed by atoms with Gasteiger partial charge in [-0.25, -0.2) is 0 Å². The highest BCUT2D eigenvalue weighted by Gasteiger charge is 2.05. The Labute approximate surface area is 100 Å². The van der Waals surface area contributed by atoms with Crippen LogP contribution in [0.3, 0.4) is 0 Å². The molecule has 1 aromatic carbocycles. The number of nitrogen functional groups attached to an aromatic ring is 1. The van der Waals surface area contributed by atoms with E-state index in [0.29, 0.717) is 19.0 Å². The summed E-state index contributed by atoms with van der Waals surface area (Å²) in [5.41, 5.74) is 6.78. The molecule has 0 saturated carbocycles. The SMILES string of the molecule is Cc1cccc(OCCc2nnc(N)n2C)c1. The summed E-state index contributed by atoms with van der Waals surface area (Å²) >= 11 is 0. The minimum Gasteiger partial charge on any atom is -0.493 e. The third-order valence-corrected chi connectivity index (χ3v) is 2.58. The van der Waals surface area contributed by atoms with Crippen molar-refractivity contribution in [3.05, 3.63) is 35.7 Å². The first-order chi connectivity index (χ1) is 8.16. The number of ether oxygens (including phenoxy) is 1. The molecule has 0 fully saturated rings. The maximum atomic E-state index is 5.63. The first kappa shape index (κ1) is 11.4. The Morgan fingerprint density at radius 1 is 1.35 bits per heavy atom. The fourth-order valence-corrected chi connectivity index (χ4v) is 1.56. The molecule has 0 spiro atoms. The van der Waals surface area contributed by atoms with Gasteiger partial charge >= 0.3 is 0 Å².